The van der Waals surface area contributed by atoms with Gasteiger partial charge in [-0.15, -0.1) is 0 Å². The maximum Gasteiger partial charge on any atom is 0.175 e. The van der Waals surface area contributed by atoms with Gasteiger partial charge in [0.2, 0.25) is 0 Å². The summed E-state index contributed by atoms with van der Waals surface area (Å²) < 4.78 is 17.5. The van der Waals surface area contributed by atoms with Crippen molar-refractivity contribution in [3.05, 3.63) is 57.6 Å². The van der Waals surface area contributed by atoms with Crippen LogP contribution in [0.15, 0.2) is 40.9 Å². The van der Waals surface area contributed by atoms with Crippen molar-refractivity contribution in [1.82, 2.24) is 10.2 Å². The Morgan fingerprint density at radius 3 is 2.57 bits per heavy atom. The molecule has 3 rings (SSSR count). The Hall–Kier alpha value is -1.60. The number of benzene rings is 2. The van der Waals surface area contributed by atoms with Crippen molar-refractivity contribution >= 4 is 15.9 Å². The monoisotopic (exact) mass is 448 g/mol. The second-order valence-corrected chi connectivity index (χ2v) is 7.66. The van der Waals surface area contributed by atoms with Gasteiger partial charge in [-0.05, 0) is 51.7 Å². The molecular formula is C22H29BrN2O3. The second-order valence-electron chi connectivity index (χ2n) is 6.80. The van der Waals surface area contributed by atoms with E-state index < -0.39 is 0 Å². The highest BCUT2D eigenvalue weighted by Crippen LogP contribution is 2.36. The van der Waals surface area contributed by atoms with Gasteiger partial charge in [0, 0.05) is 32.7 Å². The smallest absolute Gasteiger partial charge is 0.175 e. The molecule has 0 radical (unpaired) electrons. The van der Waals surface area contributed by atoms with Crippen molar-refractivity contribution in [2.75, 3.05) is 40.0 Å². The fraction of sp³-hybridized carbons (Fsp3) is 0.455. The third kappa shape index (κ3) is 5.70. The van der Waals surface area contributed by atoms with Crippen LogP contribution in [0.4, 0.5) is 0 Å². The number of ether oxygens (including phenoxy) is 3. The first-order chi connectivity index (χ1) is 13.7. The van der Waals surface area contributed by atoms with E-state index in [4.69, 9.17) is 14.2 Å². The van der Waals surface area contributed by atoms with Crippen LogP contribution >= 0.6 is 15.9 Å². The van der Waals surface area contributed by atoms with E-state index in [9.17, 15) is 0 Å². The van der Waals surface area contributed by atoms with Gasteiger partial charge in [-0.25, -0.2) is 0 Å². The van der Waals surface area contributed by atoms with E-state index in [0.717, 1.165) is 67.5 Å². The van der Waals surface area contributed by atoms with Gasteiger partial charge in [-0.1, -0.05) is 24.3 Å². The summed E-state index contributed by atoms with van der Waals surface area (Å²) in [5.74, 6) is 1.50. The van der Waals surface area contributed by atoms with E-state index in [2.05, 4.69) is 56.5 Å². The lowest BCUT2D eigenvalue weighted by Gasteiger charge is -2.27. The van der Waals surface area contributed by atoms with Crippen LogP contribution in [0.5, 0.6) is 11.5 Å². The second kappa shape index (κ2) is 10.8. The number of rotatable bonds is 9. The molecule has 2 aromatic carbocycles. The van der Waals surface area contributed by atoms with Crippen molar-refractivity contribution in [1.29, 1.82) is 0 Å². The highest BCUT2D eigenvalue weighted by molar-refractivity contribution is 9.10. The number of morpholine rings is 1. The zero-order valence-corrected chi connectivity index (χ0v) is 18.3. The Bertz CT molecular complexity index is 763. The highest BCUT2D eigenvalue weighted by Gasteiger charge is 2.13. The van der Waals surface area contributed by atoms with Crippen LogP contribution < -0.4 is 14.8 Å². The van der Waals surface area contributed by atoms with Crippen LogP contribution in [-0.4, -0.2) is 44.9 Å². The lowest BCUT2D eigenvalue weighted by atomic mass is 10.1. The van der Waals surface area contributed by atoms with Crippen LogP contribution in [0, 0.1) is 0 Å². The zero-order valence-electron chi connectivity index (χ0n) is 16.7. The summed E-state index contributed by atoms with van der Waals surface area (Å²) in [6.45, 7) is 8.79. The van der Waals surface area contributed by atoms with Gasteiger partial charge in [-0.3, -0.25) is 4.90 Å². The molecule has 0 amide bonds. The third-order valence-electron chi connectivity index (χ3n) is 4.84. The maximum absolute atomic E-state index is 5.67. The predicted octanol–water partition coefficient (Wildman–Crippen LogP) is 3.98. The van der Waals surface area contributed by atoms with Crippen molar-refractivity contribution in [3.63, 3.8) is 0 Å². The summed E-state index contributed by atoms with van der Waals surface area (Å²) in [4.78, 5) is 2.46. The summed E-state index contributed by atoms with van der Waals surface area (Å²) in [6.07, 6.45) is 0. The number of hydrogen-bond donors (Lipinski definition) is 1. The normalized spacial score (nSPS) is 14.8. The van der Waals surface area contributed by atoms with Crippen molar-refractivity contribution in [2.45, 2.75) is 26.6 Å². The first-order valence-corrected chi connectivity index (χ1v) is 10.6. The molecule has 0 aliphatic carbocycles. The molecule has 1 aliphatic heterocycles. The van der Waals surface area contributed by atoms with Crippen molar-refractivity contribution in [3.8, 4) is 11.5 Å². The SMILES string of the molecule is CCOc1c(Br)cc(CNCc2ccccc2CN2CCOCC2)cc1OC. The first kappa shape index (κ1) is 21.1. The van der Waals surface area contributed by atoms with Gasteiger partial charge in [0.05, 0.1) is 31.4 Å². The Morgan fingerprint density at radius 1 is 1.11 bits per heavy atom. The molecule has 1 fully saturated rings. The van der Waals surface area contributed by atoms with Gasteiger partial charge in [0.1, 0.15) is 0 Å². The van der Waals surface area contributed by atoms with Crippen LogP contribution in [0.3, 0.4) is 0 Å². The van der Waals surface area contributed by atoms with Crippen LogP contribution in [-0.2, 0) is 24.4 Å². The topological polar surface area (TPSA) is 43.0 Å². The first-order valence-electron chi connectivity index (χ1n) is 9.78. The van der Waals surface area contributed by atoms with E-state index >= 15 is 0 Å². The minimum absolute atomic E-state index is 0.604. The molecule has 0 atom stereocenters. The molecule has 1 heterocycles. The average molecular weight is 449 g/mol. The standard InChI is InChI=1S/C22H29BrN2O3/c1-3-28-22-20(23)12-17(13-21(22)26-2)14-24-15-18-6-4-5-7-19(18)16-25-8-10-27-11-9-25/h4-7,12-13,24H,3,8-11,14-16H2,1-2H3. The Balaban J connectivity index is 1.61. The number of nitrogens with zero attached hydrogens (tertiary/aromatic N) is 1. The predicted molar refractivity (Wildman–Crippen MR) is 115 cm³/mol. The lowest BCUT2D eigenvalue weighted by molar-refractivity contribution is 0.0340. The van der Waals surface area contributed by atoms with Crippen LogP contribution in [0.25, 0.3) is 0 Å². The molecule has 2 aromatic rings. The molecule has 28 heavy (non-hydrogen) atoms. The van der Waals surface area contributed by atoms with E-state index in [0.29, 0.717) is 6.61 Å². The largest absolute Gasteiger partial charge is 0.493 e. The fourth-order valence-corrected chi connectivity index (χ4v) is 3.99. The molecular weight excluding hydrogens is 420 g/mol. The molecule has 5 nitrogen and oxygen atoms in total. The number of hydrogen-bond acceptors (Lipinski definition) is 5. The van der Waals surface area contributed by atoms with Gasteiger partial charge in [-0.2, -0.15) is 0 Å². The van der Waals surface area contributed by atoms with Crippen molar-refractivity contribution < 1.29 is 14.2 Å². The fourth-order valence-electron chi connectivity index (χ4n) is 3.39. The molecule has 0 saturated carbocycles. The summed E-state index contributed by atoms with van der Waals surface area (Å²) in [5, 5.41) is 3.57. The van der Waals surface area contributed by atoms with Crippen molar-refractivity contribution in [2.24, 2.45) is 0 Å². The summed E-state index contributed by atoms with van der Waals surface area (Å²) >= 11 is 3.59. The summed E-state index contributed by atoms with van der Waals surface area (Å²) in [7, 11) is 1.67. The molecule has 1 N–H and O–H groups in total. The number of nitrogens with one attached hydrogen (secondary N) is 1. The van der Waals surface area contributed by atoms with E-state index in [1.54, 1.807) is 7.11 Å². The molecule has 1 saturated heterocycles. The molecule has 0 bridgehead atoms. The average Bonchev–Trinajstić information content (AvgIpc) is 2.72. The Morgan fingerprint density at radius 2 is 1.86 bits per heavy atom. The Kier molecular flexibility index (Phi) is 8.15. The number of halogens is 1. The van der Waals surface area contributed by atoms with Crippen LogP contribution in [0.2, 0.25) is 0 Å². The lowest BCUT2D eigenvalue weighted by Crippen LogP contribution is -2.36. The van der Waals surface area contributed by atoms with E-state index in [-0.39, 0.29) is 0 Å². The minimum Gasteiger partial charge on any atom is -0.493 e. The zero-order chi connectivity index (χ0) is 19.8. The number of methoxy groups -OCH3 is 1. The molecule has 1 aliphatic rings. The van der Waals surface area contributed by atoms with Gasteiger partial charge >= 0.3 is 0 Å². The molecule has 152 valence electrons. The van der Waals surface area contributed by atoms with E-state index in [1.807, 2.05) is 13.0 Å². The summed E-state index contributed by atoms with van der Waals surface area (Å²) in [6, 6.07) is 12.8. The molecule has 0 aromatic heterocycles. The quantitative estimate of drug-likeness (QED) is 0.628. The molecule has 0 unspecified atom stereocenters. The van der Waals surface area contributed by atoms with E-state index in [1.165, 1.54) is 11.1 Å². The third-order valence-corrected chi connectivity index (χ3v) is 5.43. The highest BCUT2D eigenvalue weighted by atomic mass is 79.9. The van der Waals surface area contributed by atoms with Crippen LogP contribution in [0.1, 0.15) is 23.6 Å². The molecule has 0 spiro atoms. The van der Waals surface area contributed by atoms with Gasteiger partial charge in [0.25, 0.3) is 0 Å². The van der Waals surface area contributed by atoms with Gasteiger partial charge in [0.15, 0.2) is 11.5 Å². The molecule has 6 heteroatoms. The van der Waals surface area contributed by atoms with Gasteiger partial charge < -0.3 is 19.5 Å². The Labute approximate surface area is 176 Å². The minimum atomic E-state index is 0.604. The maximum atomic E-state index is 5.67. The summed E-state index contributed by atoms with van der Waals surface area (Å²) in [5.41, 5.74) is 3.87.